The van der Waals surface area contributed by atoms with Crippen molar-refractivity contribution >= 4 is 11.8 Å². The van der Waals surface area contributed by atoms with Gasteiger partial charge in [0.25, 0.3) is 11.5 Å². The van der Waals surface area contributed by atoms with Gasteiger partial charge in [-0.05, 0) is 48.1 Å². The summed E-state index contributed by atoms with van der Waals surface area (Å²) in [6.07, 6.45) is 5.27. The second-order valence-corrected chi connectivity index (χ2v) is 8.70. The van der Waals surface area contributed by atoms with Crippen molar-refractivity contribution in [3.05, 3.63) is 82.5 Å². The van der Waals surface area contributed by atoms with Gasteiger partial charge in [0.2, 0.25) is 5.91 Å². The number of rotatable bonds is 5. The molecule has 1 N–H and O–H groups in total. The van der Waals surface area contributed by atoms with Crippen LogP contribution in [0.1, 0.15) is 28.9 Å². The van der Waals surface area contributed by atoms with E-state index in [2.05, 4.69) is 21.2 Å². The number of nitrogens with one attached hydrogen (secondary N) is 1. The zero-order valence-corrected chi connectivity index (χ0v) is 18.8. The van der Waals surface area contributed by atoms with Crippen molar-refractivity contribution in [3.63, 3.8) is 0 Å². The lowest BCUT2D eigenvalue weighted by atomic mass is 9.72. The summed E-state index contributed by atoms with van der Waals surface area (Å²) < 4.78 is 0. The molecule has 0 saturated carbocycles. The number of aromatic nitrogens is 3. The zero-order chi connectivity index (χ0) is 23.4. The summed E-state index contributed by atoms with van der Waals surface area (Å²) in [6, 6.07) is 14.9. The highest BCUT2D eigenvalue weighted by Gasteiger charge is 2.43. The Kier molecular flexibility index (Phi) is 6.35. The van der Waals surface area contributed by atoms with Gasteiger partial charge in [-0.3, -0.25) is 19.4 Å². The first-order valence-electron chi connectivity index (χ1n) is 10.9. The molecule has 1 fully saturated rings. The van der Waals surface area contributed by atoms with Crippen molar-refractivity contribution in [2.75, 3.05) is 27.2 Å². The molecule has 8 nitrogen and oxygen atoms in total. The lowest BCUT2D eigenvalue weighted by Gasteiger charge is -2.42. The van der Waals surface area contributed by atoms with E-state index in [1.165, 1.54) is 12.1 Å². The summed E-state index contributed by atoms with van der Waals surface area (Å²) in [5, 5.41) is 6.15. The van der Waals surface area contributed by atoms with Crippen LogP contribution in [0.4, 0.5) is 0 Å². The molecule has 0 bridgehead atoms. The standard InChI is InChI=1S/C25H27N5O3/c1-29(2)24(33)25(16-18-5-3-6-19(15-18)20-7-4-12-26-17-20)10-13-30(14-11-25)23(32)21-8-9-22(31)28-27-21/h3-9,12,15,17H,10-11,13-14,16H2,1-2H3,(H,28,31). The Balaban J connectivity index is 1.55. The maximum atomic E-state index is 13.3. The highest BCUT2D eigenvalue weighted by molar-refractivity contribution is 5.92. The van der Waals surface area contributed by atoms with Gasteiger partial charge in [0.1, 0.15) is 5.69 Å². The lowest BCUT2D eigenvalue weighted by molar-refractivity contribution is -0.142. The van der Waals surface area contributed by atoms with Gasteiger partial charge in [0.15, 0.2) is 0 Å². The Labute approximate surface area is 192 Å². The molecule has 33 heavy (non-hydrogen) atoms. The van der Waals surface area contributed by atoms with Crippen molar-refractivity contribution < 1.29 is 9.59 Å². The van der Waals surface area contributed by atoms with Crippen LogP contribution in [0.2, 0.25) is 0 Å². The first-order valence-corrected chi connectivity index (χ1v) is 10.9. The number of amides is 2. The number of nitrogens with zero attached hydrogens (tertiary/aromatic N) is 4. The van der Waals surface area contributed by atoms with Gasteiger partial charge in [-0.25, -0.2) is 5.10 Å². The maximum absolute atomic E-state index is 13.3. The number of pyridine rings is 1. The first-order chi connectivity index (χ1) is 15.9. The van der Waals surface area contributed by atoms with Crippen LogP contribution >= 0.6 is 0 Å². The Hall–Kier alpha value is -3.81. The molecular formula is C25H27N5O3. The maximum Gasteiger partial charge on any atom is 0.274 e. The predicted molar refractivity (Wildman–Crippen MR) is 124 cm³/mol. The van der Waals surface area contributed by atoms with E-state index in [4.69, 9.17) is 0 Å². The number of piperidine rings is 1. The van der Waals surface area contributed by atoms with Crippen LogP contribution in [0.15, 0.2) is 65.7 Å². The molecule has 2 aromatic heterocycles. The predicted octanol–water partition coefficient (Wildman–Crippen LogP) is 2.39. The number of H-pyrrole nitrogens is 1. The molecule has 1 aliphatic rings. The van der Waals surface area contributed by atoms with E-state index >= 15 is 0 Å². The first kappa shape index (κ1) is 22.4. The monoisotopic (exact) mass is 445 g/mol. The Morgan fingerprint density at radius 3 is 2.45 bits per heavy atom. The molecule has 0 radical (unpaired) electrons. The third-order valence-electron chi connectivity index (χ3n) is 6.23. The molecule has 3 heterocycles. The summed E-state index contributed by atoms with van der Waals surface area (Å²) in [7, 11) is 3.55. The van der Waals surface area contributed by atoms with Gasteiger partial charge < -0.3 is 9.80 Å². The fourth-order valence-electron chi connectivity index (χ4n) is 4.49. The van der Waals surface area contributed by atoms with Gasteiger partial charge in [-0.2, -0.15) is 5.10 Å². The minimum absolute atomic E-state index is 0.0727. The molecule has 8 heteroatoms. The average molecular weight is 446 g/mol. The normalized spacial score (nSPS) is 15.2. The van der Waals surface area contributed by atoms with Crippen LogP contribution in [0.25, 0.3) is 11.1 Å². The number of hydrogen-bond acceptors (Lipinski definition) is 5. The molecule has 4 rings (SSSR count). The number of carbonyl (C=O) groups excluding carboxylic acids is 2. The average Bonchev–Trinajstić information content (AvgIpc) is 2.84. The molecule has 1 saturated heterocycles. The minimum Gasteiger partial charge on any atom is -0.348 e. The van der Waals surface area contributed by atoms with Crippen molar-refractivity contribution in [2.24, 2.45) is 5.41 Å². The number of likely N-dealkylation sites (tertiary alicyclic amines) is 1. The minimum atomic E-state index is -0.591. The molecule has 3 aromatic rings. The summed E-state index contributed by atoms with van der Waals surface area (Å²) in [5.74, 6) is -0.167. The molecule has 170 valence electrons. The van der Waals surface area contributed by atoms with Crippen LogP contribution in [-0.4, -0.2) is 64.0 Å². The van der Waals surface area contributed by atoms with Gasteiger partial charge in [0, 0.05) is 45.6 Å². The third-order valence-corrected chi connectivity index (χ3v) is 6.23. The summed E-state index contributed by atoms with van der Waals surface area (Å²) >= 11 is 0. The molecule has 0 spiro atoms. The second-order valence-electron chi connectivity index (χ2n) is 8.70. The fraction of sp³-hybridized carbons (Fsp3) is 0.320. The van der Waals surface area contributed by atoms with Crippen LogP contribution < -0.4 is 5.56 Å². The van der Waals surface area contributed by atoms with Crippen LogP contribution in [0, 0.1) is 5.41 Å². The number of hydrogen-bond donors (Lipinski definition) is 1. The highest BCUT2D eigenvalue weighted by Crippen LogP contribution is 2.38. The molecule has 1 aromatic carbocycles. The quantitative estimate of drug-likeness (QED) is 0.650. The Morgan fingerprint density at radius 1 is 1.06 bits per heavy atom. The third kappa shape index (κ3) is 4.84. The molecule has 0 atom stereocenters. The van der Waals surface area contributed by atoms with Crippen LogP contribution in [-0.2, 0) is 11.2 Å². The van der Waals surface area contributed by atoms with E-state index in [-0.39, 0.29) is 23.1 Å². The summed E-state index contributed by atoms with van der Waals surface area (Å²) in [5.41, 5.74) is 2.42. The molecule has 0 unspecified atom stereocenters. The Morgan fingerprint density at radius 2 is 1.82 bits per heavy atom. The number of aromatic amines is 1. The van der Waals surface area contributed by atoms with Crippen molar-refractivity contribution in [2.45, 2.75) is 19.3 Å². The van der Waals surface area contributed by atoms with Gasteiger partial charge in [0.05, 0.1) is 5.41 Å². The number of benzene rings is 1. The van der Waals surface area contributed by atoms with Gasteiger partial charge in [-0.15, -0.1) is 0 Å². The van der Waals surface area contributed by atoms with Gasteiger partial charge in [-0.1, -0.05) is 30.3 Å². The zero-order valence-electron chi connectivity index (χ0n) is 18.8. The van der Waals surface area contributed by atoms with Crippen molar-refractivity contribution in [3.8, 4) is 11.1 Å². The Bertz CT molecular complexity index is 1180. The number of carbonyl (C=O) groups is 2. The summed E-state index contributed by atoms with van der Waals surface area (Å²) in [4.78, 5) is 44.9. The van der Waals surface area contributed by atoms with Crippen molar-refractivity contribution in [1.82, 2.24) is 25.0 Å². The topological polar surface area (TPSA) is 99.3 Å². The van der Waals surface area contributed by atoms with Crippen LogP contribution in [0.3, 0.4) is 0 Å². The molecule has 0 aliphatic carbocycles. The second kappa shape index (κ2) is 9.36. The van der Waals surface area contributed by atoms with E-state index in [0.717, 1.165) is 16.7 Å². The SMILES string of the molecule is CN(C)C(=O)C1(Cc2cccc(-c3cccnc3)c2)CCN(C(=O)c2ccc(=O)[nH]n2)CC1. The van der Waals surface area contributed by atoms with E-state index in [0.29, 0.717) is 32.4 Å². The van der Waals surface area contributed by atoms with E-state index < -0.39 is 5.41 Å². The highest BCUT2D eigenvalue weighted by atomic mass is 16.2. The van der Waals surface area contributed by atoms with E-state index in [9.17, 15) is 14.4 Å². The summed E-state index contributed by atoms with van der Waals surface area (Å²) in [6.45, 7) is 0.892. The smallest absolute Gasteiger partial charge is 0.274 e. The largest absolute Gasteiger partial charge is 0.348 e. The van der Waals surface area contributed by atoms with E-state index in [1.54, 1.807) is 30.1 Å². The van der Waals surface area contributed by atoms with Crippen molar-refractivity contribution in [1.29, 1.82) is 0 Å². The molecular weight excluding hydrogens is 418 g/mol. The fourth-order valence-corrected chi connectivity index (χ4v) is 4.49. The van der Waals surface area contributed by atoms with Gasteiger partial charge >= 0.3 is 0 Å². The van der Waals surface area contributed by atoms with Crippen LogP contribution in [0.5, 0.6) is 0 Å². The lowest BCUT2D eigenvalue weighted by Crippen LogP contribution is -2.51. The molecule has 1 aliphatic heterocycles. The van der Waals surface area contributed by atoms with E-state index in [1.807, 2.05) is 36.5 Å². The molecule has 2 amide bonds.